The van der Waals surface area contributed by atoms with Gasteiger partial charge in [-0.25, -0.2) is 8.78 Å². The molecule has 0 amide bonds. The summed E-state index contributed by atoms with van der Waals surface area (Å²) in [5.74, 6) is 0. The van der Waals surface area contributed by atoms with Gasteiger partial charge in [-0.2, -0.15) is 0 Å². The third-order valence-electron chi connectivity index (χ3n) is 0.520. The van der Waals surface area contributed by atoms with Gasteiger partial charge in [-0.1, -0.05) is 0 Å². The fraction of sp³-hybridized carbons (Fsp3) is 0.750. The van der Waals surface area contributed by atoms with Crippen LogP contribution in [0.25, 0.3) is 0 Å². The van der Waals surface area contributed by atoms with Crippen LogP contribution in [0.3, 0.4) is 0 Å². The van der Waals surface area contributed by atoms with Crippen molar-refractivity contribution < 1.29 is 13.5 Å². The van der Waals surface area contributed by atoms with E-state index in [9.17, 15) is 8.78 Å². The van der Waals surface area contributed by atoms with Crippen LogP contribution in [0.5, 0.6) is 0 Å². The van der Waals surface area contributed by atoms with Crippen molar-refractivity contribution in [2.45, 2.75) is 19.5 Å². The van der Waals surface area contributed by atoms with Gasteiger partial charge < -0.3 is 4.74 Å². The Bertz CT molecular complexity index is 47.0. The molecule has 0 bridgehead atoms. The molecule has 3 heteroatoms. The Kier molecular flexibility index (Phi) is 2.83. The Morgan fingerprint density at radius 3 is 2.00 bits per heavy atom. The molecule has 0 rings (SSSR count). The molecule has 0 saturated carbocycles. The van der Waals surface area contributed by atoms with Gasteiger partial charge >= 0.3 is 0 Å². The molecule has 0 aliphatic heterocycles. The molecule has 0 N–H and O–H groups in total. The van der Waals surface area contributed by atoms with Crippen molar-refractivity contribution in [3.05, 3.63) is 7.11 Å². The van der Waals surface area contributed by atoms with Gasteiger partial charge in [-0.15, -0.1) is 0 Å². The van der Waals surface area contributed by atoms with Gasteiger partial charge in [-0.05, 0) is 6.92 Å². The zero-order valence-corrected chi connectivity index (χ0v) is 4.03. The zero-order chi connectivity index (χ0) is 5.86. The number of hydrogen-bond acceptors (Lipinski definition) is 1. The average molecular weight is 109 g/mol. The minimum absolute atomic E-state index is 1.07. The monoisotopic (exact) mass is 109 g/mol. The van der Waals surface area contributed by atoms with Crippen LogP contribution in [0.1, 0.15) is 6.92 Å². The summed E-state index contributed by atoms with van der Waals surface area (Å²) in [5, 5.41) is 0. The molecular formula is C4H7F2O. The van der Waals surface area contributed by atoms with Crippen LogP contribution in [0, 0.1) is 7.11 Å². The molecule has 0 heterocycles. The van der Waals surface area contributed by atoms with E-state index < -0.39 is 12.5 Å². The summed E-state index contributed by atoms with van der Waals surface area (Å²) in [6.45, 7) is 1.07. The molecule has 43 valence electrons. The second-order valence-electron chi connectivity index (χ2n) is 1.20. The van der Waals surface area contributed by atoms with E-state index in [-0.39, 0.29) is 0 Å². The van der Waals surface area contributed by atoms with Crippen LogP contribution >= 0.6 is 0 Å². The lowest BCUT2D eigenvalue weighted by Crippen LogP contribution is -2.13. The Labute approximate surface area is 41.3 Å². The SMILES string of the molecule is [CH2]OC(F)C(C)F. The molecule has 0 aliphatic carbocycles. The first-order valence-corrected chi connectivity index (χ1v) is 1.87. The first-order chi connectivity index (χ1) is 3.18. The minimum atomic E-state index is -1.88. The van der Waals surface area contributed by atoms with Gasteiger partial charge in [0.05, 0.1) is 7.11 Å². The van der Waals surface area contributed by atoms with E-state index >= 15 is 0 Å². The second kappa shape index (κ2) is 2.91. The summed E-state index contributed by atoms with van der Waals surface area (Å²) >= 11 is 0. The highest BCUT2D eigenvalue weighted by atomic mass is 19.2. The van der Waals surface area contributed by atoms with Crippen molar-refractivity contribution in [2.75, 3.05) is 0 Å². The van der Waals surface area contributed by atoms with Gasteiger partial charge in [0.1, 0.15) is 0 Å². The van der Waals surface area contributed by atoms with Crippen molar-refractivity contribution in [1.82, 2.24) is 0 Å². The van der Waals surface area contributed by atoms with Crippen molar-refractivity contribution in [3.8, 4) is 0 Å². The highest BCUT2D eigenvalue weighted by molar-refractivity contribution is 4.48. The molecule has 0 spiro atoms. The molecule has 7 heavy (non-hydrogen) atoms. The van der Waals surface area contributed by atoms with E-state index in [1.807, 2.05) is 0 Å². The fourth-order valence-electron chi connectivity index (χ4n) is 0.133. The topological polar surface area (TPSA) is 9.23 Å². The maximum atomic E-state index is 11.6. The average Bonchev–Trinajstić information content (AvgIpc) is 1.65. The van der Waals surface area contributed by atoms with Crippen LogP contribution in [-0.2, 0) is 4.74 Å². The smallest absolute Gasteiger partial charge is 0.230 e. The maximum absolute atomic E-state index is 11.6. The van der Waals surface area contributed by atoms with E-state index in [0.717, 1.165) is 6.92 Å². The maximum Gasteiger partial charge on any atom is 0.230 e. The van der Waals surface area contributed by atoms with Crippen LogP contribution in [0.15, 0.2) is 0 Å². The standard InChI is InChI=1S/C4H7F2O/c1-3(5)4(6)7-2/h3-4H,2H2,1H3. The Morgan fingerprint density at radius 2 is 2.00 bits per heavy atom. The van der Waals surface area contributed by atoms with Crippen molar-refractivity contribution in [1.29, 1.82) is 0 Å². The third-order valence-corrected chi connectivity index (χ3v) is 0.520. The van der Waals surface area contributed by atoms with Gasteiger partial charge in [0.15, 0.2) is 6.17 Å². The molecule has 2 atom stereocenters. The number of rotatable bonds is 2. The molecule has 2 unspecified atom stereocenters. The molecule has 1 nitrogen and oxygen atoms in total. The number of halogens is 2. The van der Waals surface area contributed by atoms with Crippen LogP contribution in [-0.4, -0.2) is 12.5 Å². The second-order valence-corrected chi connectivity index (χ2v) is 1.20. The lowest BCUT2D eigenvalue weighted by Gasteiger charge is -2.03. The highest BCUT2D eigenvalue weighted by Crippen LogP contribution is 2.02. The van der Waals surface area contributed by atoms with Crippen molar-refractivity contribution >= 4 is 0 Å². The van der Waals surface area contributed by atoms with Crippen LogP contribution in [0.2, 0.25) is 0 Å². The normalized spacial score (nSPS) is 18.9. The molecule has 0 aliphatic rings. The van der Waals surface area contributed by atoms with Crippen molar-refractivity contribution in [3.63, 3.8) is 0 Å². The Morgan fingerprint density at radius 1 is 1.57 bits per heavy atom. The quantitative estimate of drug-likeness (QED) is 0.521. The molecular weight excluding hydrogens is 102 g/mol. The van der Waals surface area contributed by atoms with Gasteiger partial charge in [0, 0.05) is 0 Å². The highest BCUT2D eigenvalue weighted by Gasteiger charge is 2.11. The van der Waals surface area contributed by atoms with E-state index in [1.54, 1.807) is 0 Å². The number of ether oxygens (including phenoxy) is 1. The minimum Gasteiger partial charge on any atom is -0.343 e. The molecule has 0 aromatic heterocycles. The van der Waals surface area contributed by atoms with Gasteiger partial charge in [-0.3, -0.25) is 0 Å². The molecule has 1 radical (unpaired) electrons. The van der Waals surface area contributed by atoms with E-state index in [4.69, 9.17) is 0 Å². The summed E-state index contributed by atoms with van der Waals surface area (Å²) in [6.07, 6.45) is -3.46. The van der Waals surface area contributed by atoms with Gasteiger partial charge in [0.25, 0.3) is 0 Å². The van der Waals surface area contributed by atoms with Crippen LogP contribution < -0.4 is 0 Å². The first-order valence-electron chi connectivity index (χ1n) is 1.87. The largest absolute Gasteiger partial charge is 0.343 e. The lowest BCUT2D eigenvalue weighted by molar-refractivity contribution is -0.0351. The summed E-state index contributed by atoms with van der Waals surface area (Å²) in [7, 11) is 2.69. The third kappa shape index (κ3) is 2.51. The van der Waals surface area contributed by atoms with E-state index in [0.29, 0.717) is 0 Å². The first kappa shape index (κ1) is 6.82. The van der Waals surface area contributed by atoms with Gasteiger partial charge in [0.2, 0.25) is 6.36 Å². The predicted octanol–water partition coefficient (Wildman–Crippen LogP) is 1.45. The number of alkyl halides is 2. The Hall–Kier alpha value is -0.180. The fourth-order valence-corrected chi connectivity index (χ4v) is 0.133. The van der Waals surface area contributed by atoms with Crippen molar-refractivity contribution in [2.24, 2.45) is 0 Å². The molecule has 0 aromatic rings. The number of hydrogen-bond donors (Lipinski definition) is 0. The lowest BCUT2D eigenvalue weighted by atomic mass is 10.4. The molecule has 0 fully saturated rings. The van der Waals surface area contributed by atoms with E-state index in [1.165, 1.54) is 0 Å². The zero-order valence-electron chi connectivity index (χ0n) is 4.03. The molecule has 0 aromatic carbocycles. The van der Waals surface area contributed by atoms with E-state index in [2.05, 4.69) is 11.8 Å². The summed E-state index contributed by atoms with van der Waals surface area (Å²) in [4.78, 5) is 0. The molecule has 0 saturated heterocycles. The predicted molar refractivity (Wildman–Crippen MR) is 21.9 cm³/mol. The summed E-state index contributed by atoms with van der Waals surface area (Å²) in [5.41, 5.74) is 0. The van der Waals surface area contributed by atoms with Crippen LogP contribution in [0.4, 0.5) is 8.78 Å². The Balaban J connectivity index is 3.14. The summed E-state index contributed by atoms with van der Waals surface area (Å²) < 4.78 is 26.9. The summed E-state index contributed by atoms with van der Waals surface area (Å²) in [6, 6.07) is 0.